The number of ether oxygens (including phenoxy) is 1. The SMILES string of the molecule is COc1nc(N)nc(N(C)c2ccccc2C)n1. The zero-order valence-electron chi connectivity index (χ0n) is 10.6. The van der Waals surface area contributed by atoms with E-state index in [4.69, 9.17) is 10.5 Å². The monoisotopic (exact) mass is 245 g/mol. The van der Waals surface area contributed by atoms with Crippen LogP contribution in [-0.2, 0) is 0 Å². The summed E-state index contributed by atoms with van der Waals surface area (Å²) in [7, 11) is 3.36. The second-order valence-electron chi connectivity index (χ2n) is 3.83. The number of hydrogen-bond acceptors (Lipinski definition) is 6. The lowest BCUT2D eigenvalue weighted by molar-refractivity contribution is 0.379. The maximum Gasteiger partial charge on any atom is 0.322 e. The molecule has 6 nitrogen and oxygen atoms in total. The predicted octanol–water partition coefficient (Wildman–Crippen LogP) is 1.54. The van der Waals surface area contributed by atoms with E-state index in [2.05, 4.69) is 15.0 Å². The first-order chi connectivity index (χ1) is 8.61. The molecule has 0 bridgehead atoms. The molecule has 2 rings (SSSR count). The number of hydrogen-bond donors (Lipinski definition) is 1. The zero-order chi connectivity index (χ0) is 13.1. The van der Waals surface area contributed by atoms with Crippen LogP contribution in [-0.4, -0.2) is 29.1 Å². The highest BCUT2D eigenvalue weighted by atomic mass is 16.5. The molecule has 0 aliphatic carbocycles. The topological polar surface area (TPSA) is 77.2 Å². The number of rotatable bonds is 3. The van der Waals surface area contributed by atoms with Gasteiger partial charge in [0, 0.05) is 12.7 Å². The second kappa shape index (κ2) is 4.87. The summed E-state index contributed by atoms with van der Waals surface area (Å²) in [6.07, 6.45) is 0. The molecule has 0 radical (unpaired) electrons. The van der Waals surface area contributed by atoms with Crippen LogP contribution in [0.5, 0.6) is 6.01 Å². The van der Waals surface area contributed by atoms with Gasteiger partial charge in [-0.05, 0) is 18.6 Å². The Kier molecular flexibility index (Phi) is 3.27. The van der Waals surface area contributed by atoms with Gasteiger partial charge in [0.25, 0.3) is 0 Å². The Labute approximate surface area is 105 Å². The normalized spacial score (nSPS) is 10.2. The van der Waals surface area contributed by atoms with Crippen molar-refractivity contribution >= 4 is 17.6 Å². The molecular weight excluding hydrogens is 230 g/mol. The van der Waals surface area contributed by atoms with Gasteiger partial charge in [-0.25, -0.2) is 0 Å². The van der Waals surface area contributed by atoms with Gasteiger partial charge in [-0.1, -0.05) is 18.2 Å². The van der Waals surface area contributed by atoms with E-state index in [0.717, 1.165) is 11.3 Å². The molecule has 1 heterocycles. The van der Waals surface area contributed by atoms with E-state index in [1.54, 1.807) is 0 Å². The smallest absolute Gasteiger partial charge is 0.322 e. The number of benzene rings is 1. The quantitative estimate of drug-likeness (QED) is 0.883. The molecule has 2 aromatic rings. The summed E-state index contributed by atoms with van der Waals surface area (Å²) < 4.78 is 4.98. The maximum absolute atomic E-state index is 5.62. The number of nitrogens with zero attached hydrogens (tertiary/aromatic N) is 4. The number of para-hydroxylation sites is 1. The van der Waals surface area contributed by atoms with E-state index in [1.807, 2.05) is 43.1 Å². The molecular formula is C12H15N5O. The Morgan fingerprint density at radius 3 is 2.56 bits per heavy atom. The van der Waals surface area contributed by atoms with Crippen LogP contribution in [0.25, 0.3) is 0 Å². The van der Waals surface area contributed by atoms with Crippen molar-refractivity contribution in [2.75, 3.05) is 24.8 Å². The van der Waals surface area contributed by atoms with Crippen LogP contribution < -0.4 is 15.4 Å². The van der Waals surface area contributed by atoms with Gasteiger partial charge in [0.2, 0.25) is 11.9 Å². The number of anilines is 3. The third-order valence-corrected chi connectivity index (χ3v) is 2.58. The van der Waals surface area contributed by atoms with Crippen LogP contribution in [0.2, 0.25) is 0 Å². The van der Waals surface area contributed by atoms with Crippen molar-refractivity contribution in [1.29, 1.82) is 0 Å². The number of aromatic nitrogens is 3. The maximum atomic E-state index is 5.62. The van der Waals surface area contributed by atoms with Crippen LogP contribution in [0.15, 0.2) is 24.3 Å². The Morgan fingerprint density at radius 1 is 1.17 bits per heavy atom. The molecule has 0 atom stereocenters. The van der Waals surface area contributed by atoms with Gasteiger partial charge in [-0.3, -0.25) is 0 Å². The Hall–Kier alpha value is -2.37. The van der Waals surface area contributed by atoms with Crippen molar-refractivity contribution in [2.24, 2.45) is 0 Å². The van der Waals surface area contributed by atoms with Gasteiger partial charge >= 0.3 is 6.01 Å². The highest BCUT2D eigenvalue weighted by Crippen LogP contribution is 2.24. The van der Waals surface area contributed by atoms with Crippen molar-refractivity contribution in [3.63, 3.8) is 0 Å². The molecule has 0 unspecified atom stereocenters. The molecule has 0 aliphatic rings. The van der Waals surface area contributed by atoms with Gasteiger partial charge < -0.3 is 15.4 Å². The third-order valence-electron chi connectivity index (χ3n) is 2.58. The third kappa shape index (κ3) is 2.32. The molecule has 0 saturated heterocycles. The largest absolute Gasteiger partial charge is 0.467 e. The molecule has 6 heteroatoms. The molecule has 2 N–H and O–H groups in total. The second-order valence-corrected chi connectivity index (χ2v) is 3.83. The fourth-order valence-corrected chi connectivity index (χ4v) is 1.65. The van der Waals surface area contributed by atoms with Crippen molar-refractivity contribution in [1.82, 2.24) is 15.0 Å². The van der Waals surface area contributed by atoms with Gasteiger partial charge in [0.15, 0.2) is 0 Å². The van der Waals surface area contributed by atoms with Crippen molar-refractivity contribution < 1.29 is 4.74 Å². The first-order valence-electron chi connectivity index (χ1n) is 5.46. The average molecular weight is 245 g/mol. The van der Waals surface area contributed by atoms with Crippen molar-refractivity contribution in [3.05, 3.63) is 29.8 Å². The standard InChI is InChI=1S/C12H15N5O/c1-8-6-4-5-7-9(8)17(2)11-14-10(13)15-12(16-11)18-3/h4-7H,1-3H3,(H2,13,14,15,16). The molecule has 0 spiro atoms. The highest BCUT2D eigenvalue weighted by Gasteiger charge is 2.12. The number of nitrogens with two attached hydrogens (primary N) is 1. The molecule has 1 aromatic heterocycles. The molecule has 18 heavy (non-hydrogen) atoms. The summed E-state index contributed by atoms with van der Waals surface area (Å²) in [5, 5.41) is 0. The lowest BCUT2D eigenvalue weighted by Gasteiger charge is -2.19. The molecule has 0 aliphatic heterocycles. The van der Waals surface area contributed by atoms with Crippen LogP contribution in [0.4, 0.5) is 17.6 Å². The summed E-state index contributed by atoms with van der Waals surface area (Å²) >= 11 is 0. The van der Waals surface area contributed by atoms with Gasteiger partial charge in [0.1, 0.15) is 0 Å². The summed E-state index contributed by atoms with van der Waals surface area (Å²) in [5.41, 5.74) is 7.75. The van der Waals surface area contributed by atoms with E-state index in [-0.39, 0.29) is 12.0 Å². The molecule has 0 fully saturated rings. The zero-order valence-corrected chi connectivity index (χ0v) is 10.6. The Balaban J connectivity index is 2.43. The fraction of sp³-hybridized carbons (Fsp3) is 0.250. The van der Waals surface area contributed by atoms with Gasteiger partial charge in [-0.15, -0.1) is 0 Å². The van der Waals surface area contributed by atoms with E-state index in [1.165, 1.54) is 7.11 Å². The summed E-state index contributed by atoms with van der Waals surface area (Å²) in [5.74, 6) is 0.589. The molecule has 94 valence electrons. The summed E-state index contributed by atoms with van der Waals surface area (Å²) in [6, 6.07) is 8.16. The molecule has 0 amide bonds. The first-order valence-corrected chi connectivity index (χ1v) is 5.46. The minimum atomic E-state index is 0.136. The fourth-order valence-electron chi connectivity index (χ4n) is 1.65. The Bertz CT molecular complexity index is 558. The van der Waals surface area contributed by atoms with E-state index in [0.29, 0.717) is 5.95 Å². The lowest BCUT2D eigenvalue weighted by Crippen LogP contribution is -2.16. The summed E-state index contributed by atoms with van der Waals surface area (Å²) in [6.45, 7) is 2.02. The van der Waals surface area contributed by atoms with Crippen LogP contribution >= 0.6 is 0 Å². The minimum absolute atomic E-state index is 0.136. The van der Waals surface area contributed by atoms with E-state index >= 15 is 0 Å². The minimum Gasteiger partial charge on any atom is -0.467 e. The van der Waals surface area contributed by atoms with Crippen LogP contribution in [0.3, 0.4) is 0 Å². The van der Waals surface area contributed by atoms with Crippen molar-refractivity contribution in [3.8, 4) is 6.01 Å². The van der Waals surface area contributed by atoms with E-state index < -0.39 is 0 Å². The molecule has 0 saturated carbocycles. The Morgan fingerprint density at radius 2 is 1.89 bits per heavy atom. The van der Waals surface area contributed by atoms with Crippen LogP contribution in [0, 0.1) is 6.92 Å². The van der Waals surface area contributed by atoms with Crippen LogP contribution in [0.1, 0.15) is 5.56 Å². The van der Waals surface area contributed by atoms with Gasteiger partial charge in [0.05, 0.1) is 7.11 Å². The number of nitrogen functional groups attached to an aromatic ring is 1. The summed E-state index contributed by atoms with van der Waals surface area (Å²) in [4.78, 5) is 14.0. The number of aryl methyl sites for hydroxylation is 1. The predicted molar refractivity (Wildman–Crippen MR) is 70.0 cm³/mol. The number of methoxy groups -OCH3 is 1. The van der Waals surface area contributed by atoms with Gasteiger partial charge in [-0.2, -0.15) is 15.0 Å². The van der Waals surface area contributed by atoms with Crippen molar-refractivity contribution in [2.45, 2.75) is 6.92 Å². The molecule has 1 aromatic carbocycles. The lowest BCUT2D eigenvalue weighted by atomic mass is 10.2. The highest BCUT2D eigenvalue weighted by molar-refractivity contribution is 5.61. The van der Waals surface area contributed by atoms with E-state index in [9.17, 15) is 0 Å². The average Bonchev–Trinajstić information content (AvgIpc) is 2.37. The first kappa shape index (κ1) is 12.1.